The predicted molar refractivity (Wildman–Crippen MR) is 233 cm³/mol. The summed E-state index contributed by atoms with van der Waals surface area (Å²) in [4.78, 5) is 25.1. The molecule has 312 valence electrons. The maximum atomic E-state index is 12.6. The molecule has 0 aliphatic heterocycles. The first kappa shape index (κ1) is 51.6. The molecule has 0 spiro atoms. The summed E-state index contributed by atoms with van der Waals surface area (Å²) in [5.41, 5.74) is 0. The Labute approximate surface area is 334 Å². The second-order valence-corrected chi connectivity index (χ2v) is 14.9. The molecule has 0 bridgehead atoms. The molecule has 1 atom stereocenters. The first-order valence-electron chi connectivity index (χ1n) is 22.8. The molecule has 0 radical (unpaired) electrons. The minimum absolute atomic E-state index is 0.0575. The van der Waals surface area contributed by atoms with Crippen molar-refractivity contribution in [2.45, 2.75) is 219 Å². The average molecular weight is 755 g/mol. The number of allylic oxidation sites excluding steroid dienone is 9. The Bertz CT molecular complexity index is 946. The molecule has 0 fully saturated rings. The first-order valence-corrected chi connectivity index (χ1v) is 22.8. The number of hydrogen-bond acceptors (Lipinski definition) is 5. The van der Waals surface area contributed by atoms with Crippen LogP contribution < -0.4 is 0 Å². The molecule has 0 heterocycles. The van der Waals surface area contributed by atoms with Crippen molar-refractivity contribution in [2.24, 2.45) is 0 Å². The van der Waals surface area contributed by atoms with Gasteiger partial charge in [-0.1, -0.05) is 210 Å². The molecule has 0 aliphatic carbocycles. The van der Waals surface area contributed by atoms with E-state index in [1.807, 2.05) is 0 Å². The van der Waals surface area contributed by atoms with Crippen LogP contribution in [-0.2, 0) is 23.8 Å². The van der Waals surface area contributed by atoms with Crippen LogP contribution in [0.15, 0.2) is 60.8 Å². The molecule has 5 heteroatoms. The molecule has 0 aromatic rings. The third-order valence-electron chi connectivity index (χ3n) is 9.59. The third-order valence-corrected chi connectivity index (χ3v) is 9.59. The largest absolute Gasteiger partial charge is 0.462 e. The van der Waals surface area contributed by atoms with Gasteiger partial charge >= 0.3 is 11.9 Å². The standard InChI is InChI=1S/C49H86O5/c1-4-7-10-13-16-18-20-22-24-26-28-30-32-35-38-41-44-52-45-47(54-49(51)43-40-37-33-15-12-9-6-3)46-53-48(50)42-39-36-34-31-29-27-25-23-21-19-17-14-11-8-5-2/h7,10,16,18,22,24,28,30,35,38,47H,4-6,8-9,11-15,17,19-21,23,25-27,29,31-34,36-37,39-46H2,1-3H3/b10-7-,18-16-,24-22-,30-28-,38-35-. The second-order valence-electron chi connectivity index (χ2n) is 14.9. The maximum Gasteiger partial charge on any atom is 0.306 e. The predicted octanol–water partition coefficient (Wildman–Crippen LogP) is 15.0. The highest BCUT2D eigenvalue weighted by Crippen LogP contribution is 2.14. The van der Waals surface area contributed by atoms with Gasteiger partial charge in [-0.25, -0.2) is 0 Å². The molecule has 0 aliphatic rings. The summed E-state index contributed by atoms with van der Waals surface area (Å²) < 4.78 is 17.2. The summed E-state index contributed by atoms with van der Waals surface area (Å²) in [6, 6.07) is 0. The lowest BCUT2D eigenvalue weighted by Gasteiger charge is -2.18. The Morgan fingerprint density at radius 1 is 0.426 bits per heavy atom. The molecule has 0 aromatic carbocycles. The lowest BCUT2D eigenvalue weighted by molar-refractivity contribution is -0.162. The van der Waals surface area contributed by atoms with Gasteiger partial charge in [0.15, 0.2) is 6.10 Å². The van der Waals surface area contributed by atoms with E-state index in [9.17, 15) is 9.59 Å². The van der Waals surface area contributed by atoms with Crippen LogP contribution in [0.25, 0.3) is 0 Å². The van der Waals surface area contributed by atoms with E-state index in [1.54, 1.807) is 0 Å². The van der Waals surface area contributed by atoms with Crippen molar-refractivity contribution in [3.8, 4) is 0 Å². The summed E-state index contributed by atoms with van der Waals surface area (Å²) >= 11 is 0. The fraction of sp³-hybridized carbons (Fsp3) is 0.755. The van der Waals surface area contributed by atoms with E-state index in [0.717, 1.165) is 70.6 Å². The van der Waals surface area contributed by atoms with Crippen LogP contribution in [-0.4, -0.2) is 37.9 Å². The van der Waals surface area contributed by atoms with Gasteiger partial charge in [-0.05, 0) is 51.4 Å². The zero-order valence-electron chi connectivity index (χ0n) is 35.7. The SMILES string of the molecule is CC/C=C\C/C=C\C/C=C\C/C=C\C/C=C\CCOCC(COC(=O)CCCCCCCCCCCCCCCCC)OC(=O)CCCCCCCCC. The van der Waals surface area contributed by atoms with E-state index in [-0.39, 0.29) is 25.2 Å². The van der Waals surface area contributed by atoms with Gasteiger partial charge in [-0.3, -0.25) is 9.59 Å². The summed E-state index contributed by atoms with van der Waals surface area (Å²) in [6.45, 7) is 7.48. The van der Waals surface area contributed by atoms with E-state index in [0.29, 0.717) is 19.4 Å². The van der Waals surface area contributed by atoms with E-state index >= 15 is 0 Å². The Balaban J connectivity index is 4.25. The monoisotopic (exact) mass is 755 g/mol. The van der Waals surface area contributed by atoms with Crippen molar-refractivity contribution >= 4 is 11.9 Å². The number of hydrogen-bond donors (Lipinski definition) is 0. The van der Waals surface area contributed by atoms with Crippen LogP contribution in [0.3, 0.4) is 0 Å². The number of esters is 2. The number of rotatable bonds is 41. The van der Waals surface area contributed by atoms with Gasteiger partial charge in [0.05, 0.1) is 13.2 Å². The minimum Gasteiger partial charge on any atom is -0.462 e. The number of carbonyl (C=O) groups is 2. The molecule has 1 unspecified atom stereocenters. The highest BCUT2D eigenvalue weighted by molar-refractivity contribution is 5.70. The third kappa shape index (κ3) is 42.3. The number of ether oxygens (including phenoxy) is 3. The number of carbonyl (C=O) groups excluding carboxylic acids is 2. The summed E-state index contributed by atoms with van der Waals surface area (Å²) in [5, 5.41) is 0. The van der Waals surface area contributed by atoms with Crippen molar-refractivity contribution in [3.05, 3.63) is 60.8 Å². The second kappa shape index (κ2) is 45.0. The van der Waals surface area contributed by atoms with E-state index in [1.165, 1.54) is 109 Å². The van der Waals surface area contributed by atoms with Crippen LogP contribution in [0.4, 0.5) is 0 Å². The van der Waals surface area contributed by atoms with E-state index in [4.69, 9.17) is 14.2 Å². The molecule has 0 aromatic heterocycles. The van der Waals surface area contributed by atoms with Gasteiger partial charge in [0.1, 0.15) is 6.61 Å². The Morgan fingerprint density at radius 2 is 0.796 bits per heavy atom. The molecular formula is C49H86O5. The van der Waals surface area contributed by atoms with E-state index in [2.05, 4.69) is 81.5 Å². The highest BCUT2D eigenvalue weighted by atomic mass is 16.6. The Morgan fingerprint density at radius 3 is 1.22 bits per heavy atom. The topological polar surface area (TPSA) is 61.8 Å². The van der Waals surface area contributed by atoms with Crippen LogP contribution in [0.5, 0.6) is 0 Å². The van der Waals surface area contributed by atoms with Crippen LogP contribution in [0, 0.1) is 0 Å². The Hall–Kier alpha value is -2.40. The fourth-order valence-electron chi connectivity index (χ4n) is 6.22. The fourth-order valence-corrected chi connectivity index (χ4v) is 6.22. The van der Waals surface area contributed by atoms with Gasteiger partial charge in [-0.2, -0.15) is 0 Å². The van der Waals surface area contributed by atoms with Crippen LogP contribution in [0.2, 0.25) is 0 Å². The Kier molecular flexibility index (Phi) is 43.0. The van der Waals surface area contributed by atoms with Crippen LogP contribution in [0.1, 0.15) is 213 Å². The van der Waals surface area contributed by atoms with Gasteiger partial charge in [0, 0.05) is 12.8 Å². The summed E-state index contributed by atoms with van der Waals surface area (Å²) in [5.74, 6) is -0.440. The minimum atomic E-state index is -0.569. The van der Waals surface area contributed by atoms with Crippen molar-refractivity contribution in [1.82, 2.24) is 0 Å². The maximum absolute atomic E-state index is 12.6. The number of unbranched alkanes of at least 4 members (excludes halogenated alkanes) is 20. The normalized spacial score (nSPS) is 12.7. The molecule has 0 saturated carbocycles. The summed E-state index contributed by atoms with van der Waals surface area (Å²) in [6.07, 6.45) is 55.4. The first-order chi connectivity index (χ1) is 26.6. The lowest BCUT2D eigenvalue weighted by atomic mass is 10.0. The zero-order valence-corrected chi connectivity index (χ0v) is 35.7. The molecular weight excluding hydrogens is 669 g/mol. The zero-order chi connectivity index (χ0) is 39.3. The lowest BCUT2D eigenvalue weighted by Crippen LogP contribution is -2.30. The summed E-state index contributed by atoms with van der Waals surface area (Å²) in [7, 11) is 0. The highest BCUT2D eigenvalue weighted by Gasteiger charge is 2.17. The van der Waals surface area contributed by atoms with Crippen molar-refractivity contribution < 1.29 is 23.8 Å². The molecule has 0 saturated heterocycles. The molecule has 0 rings (SSSR count). The van der Waals surface area contributed by atoms with Gasteiger partial charge in [0.2, 0.25) is 0 Å². The molecule has 0 amide bonds. The van der Waals surface area contributed by atoms with Gasteiger partial charge in [-0.15, -0.1) is 0 Å². The quantitative estimate of drug-likeness (QED) is 0.0353. The van der Waals surface area contributed by atoms with Crippen molar-refractivity contribution in [2.75, 3.05) is 19.8 Å². The average Bonchev–Trinajstić information content (AvgIpc) is 3.17. The molecule has 0 N–H and O–H groups in total. The smallest absolute Gasteiger partial charge is 0.306 e. The van der Waals surface area contributed by atoms with Gasteiger partial charge < -0.3 is 14.2 Å². The van der Waals surface area contributed by atoms with Crippen molar-refractivity contribution in [3.63, 3.8) is 0 Å². The van der Waals surface area contributed by atoms with E-state index < -0.39 is 6.10 Å². The molecule has 5 nitrogen and oxygen atoms in total. The van der Waals surface area contributed by atoms with Gasteiger partial charge in [0.25, 0.3) is 0 Å². The molecule has 54 heavy (non-hydrogen) atoms. The van der Waals surface area contributed by atoms with Crippen LogP contribution >= 0.6 is 0 Å². The van der Waals surface area contributed by atoms with Crippen molar-refractivity contribution in [1.29, 1.82) is 0 Å².